The lowest BCUT2D eigenvalue weighted by molar-refractivity contribution is -0.138. The fourth-order valence-electron chi connectivity index (χ4n) is 1.42. The van der Waals surface area contributed by atoms with E-state index >= 15 is 0 Å². The van der Waals surface area contributed by atoms with Gasteiger partial charge in [-0.05, 0) is 5.56 Å². The van der Waals surface area contributed by atoms with Gasteiger partial charge in [-0.2, -0.15) is 12.6 Å². The lowest BCUT2D eigenvalue weighted by atomic mass is 10.1. The minimum atomic E-state index is -1.15. The van der Waals surface area contributed by atoms with Crippen LogP contribution < -0.4 is 10.6 Å². The Morgan fingerprint density at radius 3 is 2.37 bits per heavy atom. The Labute approximate surface area is 115 Å². The van der Waals surface area contributed by atoms with Crippen molar-refractivity contribution in [1.82, 2.24) is 10.6 Å². The molecule has 0 aromatic heterocycles. The fourth-order valence-corrected chi connectivity index (χ4v) is 1.51. The second-order valence-corrected chi connectivity index (χ2v) is 4.00. The maximum absolute atomic E-state index is 11.9. The van der Waals surface area contributed by atoms with Crippen molar-refractivity contribution in [1.29, 1.82) is 0 Å². The highest BCUT2D eigenvalue weighted by atomic mass is 32.1. The molecule has 2 amide bonds. The molecular formula is C12H14N2O4S. The van der Waals surface area contributed by atoms with E-state index in [1.54, 1.807) is 30.3 Å². The van der Waals surface area contributed by atoms with E-state index in [2.05, 4.69) is 23.3 Å². The topological polar surface area (TPSA) is 95.5 Å². The second kappa shape index (κ2) is 7.42. The molecule has 1 atom stereocenters. The lowest BCUT2D eigenvalue weighted by Crippen LogP contribution is -2.42. The van der Waals surface area contributed by atoms with E-state index in [9.17, 15) is 14.4 Å². The highest BCUT2D eigenvalue weighted by Gasteiger charge is 2.22. The summed E-state index contributed by atoms with van der Waals surface area (Å²) in [5.74, 6) is -2.21. The van der Waals surface area contributed by atoms with Gasteiger partial charge in [0.25, 0.3) is 0 Å². The summed E-state index contributed by atoms with van der Waals surface area (Å²) in [6.45, 7) is -0.501. The molecule has 19 heavy (non-hydrogen) atoms. The van der Waals surface area contributed by atoms with Gasteiger partial charge in [0.15, 0.2) is 0 Å². The first-order valence-electron chi connectivity index (χ1n) is 5.49. The Hall–Kier alpha value is -2.02. The van der Waals surface area contributed by atoms with Crippen LogP contribution in [0.25, 0.3) is 0 Å². The van der Waals surface area contributed by atoms with Crippen molar-refractivity contribution in [3.8, 4) is 0 Å². The van der Waals surface area contributed by atoms with E-state index in [4.69, 9.17) is 5.11 Å². The zero-order chi connectivity index (χ0) is 14.3. The zero-order valence-corrected chi connectivity index (χ0v) is 10.9. The average Bonchev–Trinajstić information content (AvgIpc) is 2.42. The van der Waals surface area contributed by atoms with Crippen LogP contribution in [0.4, 0.5) is 0 Å². The van der Waals surface area contributed by atoms with Crippen molar-refractivity contribution in [2.45, 2.75) is 6.04 Å². The van der Waals surface area contributed by atoms with Gasteiger partial charge in [0.2, 0.25) is 11.8 Å². The SMILES string of the molecule is O=C(O)CNC(=O)[C@H](NC(=O)CS)c1ccccc1. The van der Waals surface area contributed by atoms with Crippen molar-refractivity contribution in [3.05, 3.63) is 35.9 Å². The van der Waals surface area contributed by atoms with Crippen molar-refractivity contribution in [2.75, 3.05) is 12.3 Å². The van der Waals surface area contributed by atoms with Crippen LogP contribution in [0.3, 0.4) is 0 Å². The number of carboxylic acids is 1. The van der Waals surface area contributed by atoms with Gasteiger partial charge in [0, 0.05) is 0 Å². The molecule has 3 N–H and O–H groups in total. The Balaban J connectivity index is 2.83. The number of aliphatic carboxylic acids is 1. The quantitative estimate of drug-likeness (QED) is 0.551. The molecule has 0 heterocycles. The maximum Gasteiger partial charge on any atom is 0.322 e. The largest absolute Gasteiger partial charge is 0.480 e. The van der Waals surface area contributed by atoms with Crippen molar-refractivity contribution in [2.24, 2.45) is 0 Å². The summed E-state index contributed by atoms with van der Waals surface area (Å²) in [6.07, 6.45) is 0. The predicted octanol–water partition coefficient (Wildman–Crippen LogP) is -0.0255. The standard InChI is InChI=1S/C12H14N2O4S/c15-9(7-19)14-11(8-4-2-1-3-5-8)12(18)13-6-10(16)17/h1-5,11,19H,6-7H2,(H,13,18)(H,14,15)(H,16,17)/t11-/m1/s1. The first-order valence-corrected chi connectivity index (χ1v) is 6.12. The van der Waals surface area contributed by atoms with Crippen molar-refractivity contribution in [3.63, 3.8) is 0 Å². The van der Waals surface area contributed by atoms with Gasteiger partial charge in [-0.15, -0.1) is 0 Å². The molecule has 1 rings (SSSR count). The molecule has 0 fully saturated rings. The molecule has 0 bridgehead atoms. The third-order valence-corrected chi connectivity index (χ3v) is 2.55. The molecule has 0 radical (unpaired) electrons. The number of carboxylic acid groups (broad SMARTS) is 1. The third kappa shape index (κ3) is 5.01. The molecular weight excluding hydrogens is 268 g/mol. The number of amides is 2. The number of hydrogen-bond donors (Lipinski definition) is 4. The van der Waals surface area contributed by atoms with E-state index in [0.717, 1.165) is 0 Å². The summed E-state index contributed by atoms with van der Waals surface area (Å²) >= 11 is 3.82. The van der Waals surface area contributed by atoms with E-state index in [-0.39, 0.29) is 5.75 Å². The van der Waals surface area contributed by atoms with Crippen LogP contribution in [0.15, 0.2) is 30.3 Å². The monoisotopic (exact) mass is 282 g/mol. The summed E-state index contributed by atoms with van der Waals surface area (Å²) < 4.78 is 0. The van der Waals surface area contributed by atoms with Crippen LogP contribution >= 0.6 is 12.6 Å². The highest BCUT2D eigenvalue weighted by molar-refractivity contribution is 7.81. The highest BCUT2D eigenvalue weighted by Crippen LogP contribution is 2.12. The first-order chi connectivity index (χ1) is 9.04. The predicted molar refractivity (Wildman–Crippen MR) is 71.8 cm³/mol. The zero-order valence-electron chi connectivity index (χ0n) is 10.00. The van der Waals surface area contributed by atoms with Gasteiger partial charge in [0.1, 0.15) is 12.6 Å². The summed E-state index contributed by atoms with van der Waals surface area (Å²) in [5, 5.41) is 13.2. The number of rotatable bonds is 6. The van der Waals surface area contributed by atoms with Gasteiger partial charge >= 0.3 is 5.97 Å². The van der Waals surface area contributed by atoms with Crippen LogP contribution in [-0.4, -0.2) is 35.2 Å². The Morgan fingerprint density at radius 2 is 1.84 bits per heavy atom. The summed E-state index contributed by atoms with van der Waals surface area (Å²) in [5.41, 5.74) is 0.570. The molecule has 0 aliphatic carbocycles. The minimum absolute atomic E-state index is 0.0600. The molecule has 1 aromatic rings. The van der Waals surface area contributed by atoms with Gasteiger partial charge in [-0.25, -0.2) is 0 Å². The molecule has 0 unspecified atom stereocenters. The lowest BCUT2D eigenvalue weighted by Gasteiger charge is -2.17. The second-order valence-electron chi connectivity index (χ2n) is 3.68. The summed E-state index contributed by atoms with van der Waals surface area (Å²) in [4.78, 5) is 33.7. The number of nitrogens with one attached hydrogen (secondary N) is 2. The summed E-state index contributed by atoms with van der Waals surface area (Å²) in [7, 11) is 0. The van der Waals surface area contributed by atoms with Gasteiger partial charge in [-0.1, -0.05) is 30.3 Å². The van der Waals surface area contributed by atoms with Crippen LogP contribution in [0.1, 0.15) is 11.6 Å². The van der Waals surface area contributed by atoms with Crippen LogP contribution in [-0.2, 0) is 14.4 Å². The molecule has 0 saturated carbocycles. The van der Waals surface area contributed by atoms with Crippen molar-refractivity contribution < 1.29 is 19.5 Å². The van der Waals surface area contributed by atoms with Crippen LogP contribution in [0, 0.1) is 0 Å². The smallest absolute Gasteiger partial charge is 0.322 e. The number of carbonyl (C=O) groups excluding carboxylic acids is 2. The van der Waals surface area contributed by atoms with E-state index < -0.39 is 30.4 Å². The van der Waals surface area contributed by atoms with Gasteiger partial charge in [0.05, 0.1) is 5.75 Å². The fraction of sp³-hybridized carbons (Fsp3) is 0.250. The Morgan fingerprint density at radius 1 is 1.21 bits per heavy atom. The molecule has 0 aliphatic heterocycles. The van der Waals surface area contributed by atoms with Gasteiger partial charge < -0.3 is 15.7 Å². The molecule has 1 aromatic carbocycles. The van der Waals surface area contributed by atoms with Crippen molar-refractivity contribution >= 4 is 30.4 Å². The third-order valence-electron chi connectivity index (χ3n) is 2.26. The van der Waals surface area contributed by atoms with E-state index in [0.29, 0.717) is 5.56 Å². The molecule has 6 nitrogen and oxygen atoms in total. The van der Waals surface area contributed by atoms with Crippen LogP contribution in [0.5, 0.6) is 0 Å². The normalized spacial score (nSPS) is 11.4. The minimum Gasteiger partial charge on any atom is -0.480 e. The van der Waals surface area contributed by atoms with E-state index in [1.807, 2.05) is 0 Å². The van der Waals surface area contributed by atoms with E-state index in [1.165, 1.54) is 0 Å². The molecule has 0 aliphatic rings. The number of benzene rings is 1. The van der Waals surface area contributed by atoms with Crippen LogP contribution in [0.2, 0.25) is 0 Å². The first kappa shape index (κ1) is 15.0. The number of hydrogen-bond acceptors (Lipinski definition) is 4. The maximum atomic E-state index is 11.9. The molecule has 7 heteroatoms. The number of carbonyl (C=O) groups is 3. The Kier molecular flexibility index (Phi) is 5.87. The number of thiol groups is 1. The van der Waals surface area contributed by atoms with Gasteiger partial charge in [-0.3, -0.25) is 14.4 Å². The molecule has 102 valence electrons. The Bertz CT molecular complexity index is 464. The molecule has 0 saturated heterocycles. The molecule has 0 spiro atoms. The average molecular weight is 282 g/mol. The summed E-state index contributed by atoms with van der Waals surface area (Å²) in [6, 6.07) is 7.63.